The first kappa shape index (κ1) is 23.7. The van der Waals surface area contributed by atoms with Gasteiger partial charge in [0.2, 0.25) is 11.7 Å². The Morgan fingerprint density at radius 1 is 1.12 bits per heavy atom. The topological polar surface area (TPSA) is 87.5 Å². The van der Waals surface area contributed by atoms with Crippen molar-refractivity contribution >= 4 is 39.3 Å². The molecule has 2 aromatic carbocycles. The van der Waals surface area contributed by atoms with Gasteiger partial charge >= 0.3 is 0 Å². The molecular formula is C22H23BrN4O4S. The van der Waals surface area contributed by atoms with Gasteiger partial charge < -0.3 is 19.5 Å². The highest BCUT2D eigenvalue weighted by atomic mass is 79.9. The average molecular weight is 519 g/mol. The summed E-state index contributed by atoms with van der Waals surface area (Å²) in [6.07, 6.45) is 1.75. The highest BCUT2D eigenvalue weighted by molar-refractivity contribution is 9.10. The third-order valence-electron chi connectivity index (χ3n) is 4.41. The van der Waals surface area contributed by atoms with Crippen molar-refractivity contribution in [2.75, 3.05) is 32.4 Å². The summed E-state index contributed by atoms with van der Waals surface area (Å²) in [6, 6.07) is 11.0. The van der Waals surface area contributed by atoms with E-state index in [1.165, 1.54) is 11.8 Å². The van der Waals surface area contributed by atoms with E-state index in [9.17, 15) is 4.79 Å². The second kappa shape index (κ2) is 11.1. The Morgan fingerprint density at radius 2 is 1.78 bits per heavy atom. The molecule has 1 heterocycles. The van der Waals surface area contributed by atoms with Crippen molar-refractivity contribution in [3.8, 4) is 28.6 Å². The van der Waals surface area contributed by atoms with E-state index in [1.54, 1.807) is 39.5 Å². The van der Waals surface area contributed by atoms with E-state index in [0.29, 0.717) is 34.8 Å². The van der Waals surface area contributed by atoms with Crippen LogP contribution < -0.4 is 19.5 Å². The number of methoxy groups -OCH3 is 3. The third-order valence-corrected chi connectivity index (χ3v) is 5.91. The highest BCUT2D eigenvalue weighted by Gasteiger charge is 2.20. The molecule has 168 valence electrons. The molecule has 1 amide bonds. The fourth-order valence-corrected chi connectivity index (χ4v) is 3.99. The van der Waals surface area contributed by atoms with Crippen molar-refractivity contribution in [2.24, 2.45) is 0 Å². The first-order valence-electron chi connectivity index (χ1n) is 9.53. The second-order valence-corrected chi connectivity index (χ2v) is 8.32. The molecule has 0 saturated heterocycles. The number of rotatable bonds is 10. The van der Waals surface area contributed by atoms with Crippen molar-refractivity contribution < 1.29 is 19.0 Å². The lowest BCUT2D eigenvalue weighted by Gasteiger charge is -2.14. The molecule has 0 bridgehead atoms. The number of ether oxygens (including phenoxy) is 3. The van der Waals surface area contributed by atoms with Crippen LogP contribution in [0.15, 0.2) is 58.7 Å². The van der Waals surface area contributed by atoms with Crippen molar-refractivity contribution in [2.45, 2.75) is 11.7 Å². The molecule has 0 saturated carbocycles. The minimum absolute atomic E-state index is 0.139. The van der Waals surface area contributed by atoms with Gasteiger partial charge in [-0.15, -0.1) is 16.8 Å². The Morgan fingerprint density at radius 3 is 2.34 bits per heavy atom. The largest absolute Gasteiger partial charge is 0.493 e. The van der Waals surface area contributed by atoms with E-state index in [4.69, 9.17) is 14.2 Å². The van der Waals surface area contributed by atoms with Crippen LogP contribution >= 0.6 is 27.7 Å². The summed E-state index contributed by atoms with van der Waals surface area (Å²) < 4.78 is 19.1. The number of carbonyl (C=O) groups is 1. The molecule has 0 unspecified atom stereocenters. The maximum absolute atomic E-state index is 12.4. The van der Waals surface area contributed by atoms with Crippen molar-refractivity contribution in [3.05, 3.63) is 53.5 Å². The molecule has 3 rings (SSSR count). The zero-order valence-corrected chi connectivity index (χ0v) is 20.3. The lowest BCUT2D eigenvalue weighted by Crippen LogP contribution is -2.14. The molecule has 3 aromatic rings. The van der Waals surface area contributed by atoms with Crippen LogP contribution in [0.25, 0.3) is 11.4 Å². The van der Waals surface area contributed by atoms with Crippen LogP contribution in [0.5, 0.6) is 17.2 Å². The van der Waals surface area contributed by atoms with E-state index in [2.05, 4.69) is 38.0 Å². The second-order valence-electron chi connectivity index (χ2n) is 6.46. The molecule has 10 heteroatoms. The van der Waals surface area contributed by atoms with Crippen LogP contribution in [-0.4, -0.2) is 47.8 Å². The predicted octanol–water partition coefficient (Wildman–Crippen LogP) is 4.65. The third kappa shape index (κ3) is 5.43. The molecule has 0 spiro atoms. The van der Waals surface area contributed by atoms with E-state index >= 15 is 0 Å². The van der Waals surface area contributed by atoms with E-state index < -0.39 is 0 Å². The Hall–Kier alpha value is -2.98. The Bertz CT molecular complexity index is 1080. The average Bonchev–Trinajstić information content (AvgIpc) is 3.21. The molecule has 0 aliphatic carbocycles. The number of carbonyl (C=O) groups excluding carboxylic acids is 1. The maximum Gasteiger partial charge on any atom is 0.234 e. The number of aromatic nitrogens is 3. The molecule has 0 radical (unpaired) electrons. The molecule has 0 atom stereocenters. The molecule has 1 aromatic heterocycles. The fraction of sp³-hybridized carbons (Fsp3) is 0.227. The zero-order chi connectivity index (χ0) is 23.1. The molecular weight excluding hydrogens is 496 g/mol. The molecule has 0 fully saturated rings. The number of anilines is 1. The number of thioether (sulfide) groups is 1. The van der Waals surface area contributed by atoms with Gasteiger partial charge in [0.05, 0.1) is 27.1 Å². The quantitative estimate of drug-likeness (QED) is 0.308. The van der Waals surface area contributed by atoms with Crippen molar-refractivity contribution in [3.63, 3.8) is 0 Å². The first-order chi connectivity index (χ1) is 15.5. The van der Waals surface area contributed by atoms with E-state index in [1.807, 2.05) is 28.8 Å². The Labute approximate surface area is 199 Å². The van der Waals surface area contributed by atoms with Crippen LogP contribution in [0.3, 0.4) is 0 Å². The van der Waals surface area contributed by atoms with Crippen LogP contribution in [0.1, 0.15) is 0 Å². The molecule has 1 N–H and O–H groups in total. The minimum Gasteiger partial charge on any atom is -0.493 e. The predicted molar refractivity (Wildman–Crippen MR) is 129 cm³/mol. The maximum atomic E-state index is 12.4. The van der Waals surface area contributed by atoms with Crippen LogP contribution in [0.4, 0.5) is 5.69 Å². The smallest absolute Gasteiger partial charge is 0.234 e. The number of benzene rings is 2. The summed E-state index contributed by atoms with van der Waals surface area (Å²) in [5, 5.41) is 12.1. The molecule has 32 heavy (non-hydrogen) atoms. The molecule has 0 aliphatic heterocycles. The highest BCUT2D eigenvalue weighted by Crippen LogP contribution is 2.41. The van der Waals surface area contributed by atoms with Crippen LogP contribution in [0, 0.1) is 0 Å². The Balaban J connectivity index is 1.83. The van der Waals surface area contributed by atoms with E-state index in [0.717, 1.165) is 15.7 Å². The fourth-order valence-electron chi connectivity index (χ4n) is 2.97. The lowest BCUT2D eigenvalue weighted by atomic mass is 10.1. The lowest BCUT2D eigenvalue weighted by molar-refractivity contribution is -0.113. The summed E-state index contributed by atoms with van der Waals surface area (Å²) in [5.74, 6) is 2.16. The normalized spacial score (nSPS) is 10.5. The van der Waals surface area contributed by atoms with E-state index in [-0.39, 0.29) is 11.7 Å². The van der Waals surface area contributed by atoms with Gasteiger partial charge in [-0.1, -0.05) is 33.8 Å². The summed E-state index contributed by atoms with van der Waals surface area (Å²) in [7, 11) is 4.66. The SMILES string of the molecule is C=CCn1c(SCC(=O)Nc2ccc(Br)cc2)nnc1-c1cc(OC)c(OC)c(OC)c1. The monoisotopic (exact) mass is 518 g/mol. The summed E-state index contributed by atoms with van der Waals surface area (Å²) in [5.41, 5.74) is 1.46. The number of allylic oxidation sites excluding steroid dienone is 1. The first-order valence-corrected chi connectivity index (χ1v) is 11.3. The van der Waals surface area contributed by atoms with Crippen LogP contribution in [-0.2, 0) is 11.3 Å². The van der Waals surface area contributed by atoms with Gasteiger partial charge in [-0.05, 0) is 36.4 Å². The number of nitrogens with one attached hydrogen (secondary N) is 1. The van der Waals surface area contributed by atoms with Crippen LogP contribution in [0.2, 0.25) is 0 Å². The summed E-state index contributed by atoms with van der Waals surface area (Å²) in [4.78, 5) is 12.4. The zero-order valence-electron chi connectivity index (χ0n) is 17.9. The molecule has 0 aliphatic rings. The number of hydrogen-bond donors (Lipinski definition) is 1. The minimum atomic E-state index is -0.139. The van der Waals surface area contributed by atoms with Gasteiger partial charge in [0.1, 0.15) is 0 Å². The number of nitrogens with zero attached hydrogens (tertiary/aromatic N) is 3. The van der Waals surface area contributed by atoms with Gasteiger partial charge in [0.25, 0.3) is 0 Å². The van der Waals surface area contributed by atoms with Gasteiger partial charge in [-0.2, -0.15) is 0 Å². The summed E-state index contributed by atoms with van der Waals surface area (Å²) in [6.45, 7) is 4.29. The molecule has 8 nitrogen and oxygen atoms in total. The van der Waals surface area contributed by atoms with Crippen molar-refractivity contribution in [1.29, 1.82) is 0 Å². The van der Waals surface area contributed by atoms with Gasteiger partial charge in [0, 0.05) is 22.3 Å². The van der Waals surface area contributed by atoms with Gasteiger partial charge in [-0.3, -0.25) is 9.36 Å². The standard InChI is InChI=1S/C22H23BrN4O4S/c1-5-10-27-21(14-11-17(29-2)20(31-4)18(12-14)30-3)25-26-22(27)32-13-19(28)24-16-8-6-15(23)7-9-16/h5-9,11-12H,1,10,13H2,2-4H3,(H,24,28). The Kier molecular flexibility index (Phi) is 8.18. The van der Waals surface area contributed by atoms with Gasteiger partial charge in [0.15, 0.2) is 22.5 Å². The summed E-state index contributed by atoms with van der Waals surface area (Å²) >= 11 is 4.67. The number of halogens is 1. The van der Waals surface area contributed by atoms with Gasteiger partial charge in [-0.25, -0.2) is 0 Å². The van der Waals surface area contributed by atoms with Crippen molar-refractivity contribution in [1.82, 2.24) is 14.8 Å². The number of hydrogen-bond acceptors (Lipinski definition) is 7. The number of amides is 1.